The van der Waals surface area contributed by atoms with Crippen LogP contribution in [0.15, 0.2) is 47.5 Å². The Labute approximate surface area is 155 Å². The maximum absolute atomic E-state index is 11.7. The van der Waals surface area contributed by atoms with Crippen molar-refractivity contribution in [2.45, 2.75) is 50.1 Å². The lowest BCUT2D eigenvalue weighted by molar-refractivity contribution is 0.375. The maximum Gasteiger partial charge on any atom is 0.223 e. The molecule has 1 fully saturated rings. The maximum atomic E-state index is 11.7. The molecule has 1 aromatic heterocycles. The lowest BCUT2D eigenvalue weighted by Crippen LogP contribution is -2.31. The Morgan fingerprint density at radius 2 is 2.00 bits per heavy atom. The fraction of sp³-hybridized carbons (Fsp3) is 0.450. The molecule has 140 valence electrons. The third-order valence-electron chi connectivity index (χ3n) is 5.02. The zero-order valence-electron chi connectivity index (χ0n) is 15.3. The van der Waals surface area contributed by atoms with Gasteiger partial charge in [-0.1, -0.05) is 25.0 Å². The first-order valence-electron chi connectivity index (χ1n) is 9.09. The molecule has 0 saturated heterocycles. The summed E-state index contributed by atoms with van der Waals surface area (Å²) in [6.45, 7) is 2.91. The van der Waals surface area contributed by atoms with Gasteiger partial charge in [-0.05, 0) is 49.9 Å². The van der Waals surface area contributed by atoms with Crippen molar-refractivity contribution in [2.75, 3.05) is 6.26 Å². The summed E-state index contributed by atoms with van der Waals surface area (Å²) in [7, 11) is -3.27. The molecule has 5 nitrogen and oxygen atoms in total. The highest BCUT2D eigenvalue weighted by atomic mass is 32.2. The van der Waals surface area contributed by atoms with Gasteiger partial charge in [-0.3, -0.25) is 0 Å². The average molecular weight is 375 g/mol. The van der Waals surface area contributed by atoms with E-state index in [4.69, 9.17) is 4.74 Å². The van der Waals surface area contributed by atoms with E-state index in [9.17, 15) is 8.42 Å². The first-order valence-corrected chi connectivity index (χ1v) is 11.0. The van der Waals surface area contributed by atoms with Gasteiger partial charge in [0.1, 0.15) is 5.75 Å². The number of nitrogens with zero attached hydrogens (tertiary/aromatic N) is 1. The summed E-state index contributed by atoms with van der Waals surface area (Å²) in [5.41, 5.74) is 0.960. The van der Waals surface area contributed by atoms with Crippen molar-refractivity contribution in [1.29, 1.82) is 0 Å². The lowest BCUT2D eigenvalue weighted by Gasteiger charge is -2.21. The van der Waals surface area contributed by atoms with Crippen LogP contribution in [0.5, 0.6) is 11.6 Å². The van der Waals surface area contributed by atoms with Gasteiger partial charge in [-0.2, -0.15) is 0 Å². The van der Waals surface area contributed by atoms with E-state index >= 15 is 0 Å². The largest absolute Gasteiger partial charge is 0.439 e. The minimum Gasteiger partial charge on any atom is -0.439 e. The summed E-state index contributed by atoms with van der Waals surface area (Å²) >= 11 is 0. The predicted molar refractivity (Wildman–Crippen MR) is 102 cm³/mol. The van der Waals surface area contributed by atoms with E-state index in [1.165, 1.54) is 38.0 Å². The number of rotatable bonds is 7. The van der Waals surface area contributed by atoms with Crippen molar-refractivity contribution in [3.8, 4) is 11.6 Å². The quantitative estimate of drug-likeness (QED) is 0.795. The summed E-state index contributed by atoms with van der Waals surface area (Å²) in [6, 6.07) is 10.8. The van der Waals surface area contributed by atoms with Crippen molar-refractivity contribution in [2.24, 2.45) is 5.92 Å². The number of hydrogen-bond donors (Lipinski definition) is 1. The Bertz CT molecular complexity index is 846. The number of aromatic nitrogens is 1. The first-order chi connectivity index (χ1) is 12.4. The van der Waals surface area contributed by atoms with E-state index in [1.54, 1.807) is 24.4 Å². The van der Waals surface area contributed by atoms with Gasteiger partial charge < -0.3 is 10.1 Å². The molecule has 1 N–H and O–H groups in total. The molecule has 1 aromatic carbocycles. The van der Waals surface area contributed by atoms with Gasteiger partial charge in [0.2, 0.25) is 5.88 Å². The van der Waals surface area contributed by atoms with E-state index in [2.05, 4.69) is 17.2 Å². The van der Waals surface area contributed by atoms with Crippen LogP contribution < -0.4 is 10.1 Å². The smallest absolute Gasteiger partial charge is 0.223 e. The third-order valence-corrected chi connectivity index (χ3v) is 6.13. The number of sulfone groups is 1. The lowest BCUT2D eigenvalue weighted by atomic mass is 10.00. The van der Waals surface area contributed by atoms with Gasteiger partial charge in [0, 0.05) is 30.6 Å². The zero-order valence-corrected chi connectivity index (χ0v) is 16.1. The molecular formula is C20H26N2O3S. The van der Waals surface area contributed by atoms with Crippen LogP contribution >= 0.6 is 0 Å². The molecule has 0 spiro atoms. The molecule has 1 atom stereocenters. The third kappa shape index (κ3) is 4.83. The Morgan fingerprint density at radius 3 is 2.73 bits per heavy atom. The van der Waals surface area contributed by atoms with Crippen molar-refractivity contribution in [1.82, 2.24) is 10.3 Å². The minimum atomic E-state index is -3.27. The highest BCUT2D eigenvalue weighted by Gasteiger charge is 2.21. The normalized spacial score (nSPS) is 16.5. The number of ether oxygens (including phenoxy) is 1. The molecule has 6 heteroatoms. The van der Waals surface area contributed by atoms with Crippen LogP contribution in [-0.4, -0.2) is 25.7 Å². The van der Waals surface area contributed by atoms with Crippen molar-refractivity contribution in [3.05, 3.63) is 48.2 Å². The molecule has 3 rings (SSSR count). The summed E-state index contributed by atoms with van der Waals surface area (Å²) in [4.78, 5) is 4.57. The zero-order chi connectivity index (χ0) is 18.6. The summed E-state index contributed by atoms with van der Waals surface area (Å²) < 4.78 is 29.3. The topological polar surface area (TPSA) is 68.3 Å². The van der Waals surface area contributed by atoms with E-state index < -0.39 is 9.84 Å². The van der Waals surface area contributed by atoms with Crippen LogP contribution in [-0.2, 0) is 16.4 Å². The summed E-state index contributed by atoms with van der Waals surface area (Å²) in [6.07, 6.45) is 8.11. The number of pyridine rings is 1. The first kappa shape index (κ1) is 18.9. The van der Waals surface area contributed by atoms with E-state index in [1.807, 2.05) is 12.1 Å². The molecule has 0 radical (unpaired) electrons. The fourth-order valence-electron chi connectivity index (χ4n) is 3.43. The fourth-order valence-corrected chi connectivity index (χ4v) is 4.08. The van der Waals surface area contributed by atoms with Crippen LogP contribution in [0.25, 0.3) is 0 Å². The summed E-state index contributed by atoms with van der Waals surface area (Å²) in [5, 5.41) is 3.59. The average Bonchev–Trinajstić information content (AvgIpc) is 3.15. The SMILES string of the molecule is CC(NCc1cccnc1Oc1cccc(S(C)(=O)=O)c1)C1CCCC1. The second-order valence-electron chi connectivity index (χ2n) is 7.03. The van der Waals surface area contributed by atoms with Crippen LogP contribution in [0.4, 0.5) is 0 Å². The number of benzene rings is 1. The molecule has 0 bridgehead atoms. The Kier molecular flexibility index (Phi) is 5.94. The van der Waals surface area contributed by atoms with Crippen molar-refractivity contribution < 1.29 is 13.2 Å². The molecular weight excluding hydrogens is 348 g/mol. The minimum absolute atomic E-state index is 0.237. The monoisotopic (exact) mass is 374 g/mol. The molecule has 0 aliphatic heterocycles. The Balaban J connectivity index is 1.71. The molecule has 26 heavy (non-hydrogen) atoms. The molecule has 1 aliphatic rings. The van der Waals surface area contributed by atoms with E-state index in [0.717, 1.165) is 11.5 Å². The predicted octanol–water partition coefficient (Wildman–Crippen LogP) is 3.95. The van der Waals surface area contributed by atoms with Gasteiger partial charge in [0.15, 0.2) is 9.84 Å². The highest BCUT2D eigenvalue weighted by Crippen LogP contribution is 2.29. The van der Waals surface area contributed by atoms with Gasteiger partial charge in [0.25, 0.3) is 0 Å². The van der Waals surface area contributed by atoms with Crippen molar-refractivity contribution >= 4 is 9.84 Å². The molecule has 0 amide bonds. The molecule has 2 aromatic rings. The molecule has 1 aliphatic carbocycles. The second-order valence-corrected chi connectivity index (χ2v) is 9.05. The number of hydrogen-bond acceptors (Lipinski definition) is 5. The van der Waals surface area contributed by atoms with Crippen LogP contribution in [0.2, 0.25) is 0 Å². The van der Waals surface area contributed by atoms with Gasteiger partial charge in [-0.15, -0.1) is 0 Å². The standard InChI is InChI=1S/C20H26N2O3S/c1-15(16-7-3-4-8-16)22-14-17-9-6-12-21-20(17)25-18-10-5-11-19(13-18)26(2,23)24/h5-6,9-13,15-16,22H,3-4,7-8,14H2,1-2H3. The highest BCUT2D eigenvalue weighted by molar-refractivity contribution is 7.90. The van der Waals surface area contributed by atoms with Gasteiger partial charge >= 0.3 is 0 Å². The molecule has 1 heterocycles. The van der Waals surface area contributed by atoms with Crippen LogP contribution in [0.3, 0.4) is 0 Å². The number of nitrogens with one attached hydrogen (secondary N) is 1. The van der Waals surface area contributed by atoms with Gasteiger partial charge in [-0.25, -0.2) is 13.4 Å². The van der Waals surface area contributed by atoms with Crippen LogP contribution in [0.1, 0.15) is 38.2 Å². The Hall–Kier alpha value is -1.92. The molecule has 1 unspecified atom stereocenters. The second kappa shape index (κ2) is 8.18. The van der Waals surface area contributed by atoms with Crippen molar-refractivity contribution in [3.63, 3.8) is 0 Å². The van der Waals surface area contributed by atoms with E-state index in [0.29, 0.717) is 24.2 Å². The van der Waals surface area contributed by atoms with Gasteiger partial charge in [0.05, 0.1) is 4.90 Å². The van der Waals surface area contributed by atoms with Crippen LogP contribution in [0, 0.1) is 5.92 Å². The van der Waals surface area contributed by atoms with E-state index in [-0.39, 0.29) is 4.90 Å². The molecule has 1 saturated carbocycles. The summed E-state index contributed by atoms with van der Waals surface area (Å²) in [5.74, 6) is 1.71. The Morgan fingerprint density at radius 1 is 1.23 bits per heavy atom.